The van der Waals surface area contributed by atoms with Crippen molar-refractivity contribution in [1.29, 1.82) is 0 Å². The van der Waals surface area contributed by atoms with Crippen LogP contribution in [0.25, 0.3) is 10.4 Å². The second-order valence-corrected chi connectivity index (χ2v) is 7.91. The van der Waals surface area contributed by atoms with Crippen molar-refractivity contribution in [2.45, 2.75) is 66.2 Å². The molecule has 0 saturated heterocycles. The summed E-state index contributed by atoms with van der Waals surface area (Å²) >= 11 is 0. The van der Waals surface area contributed by atoms with Crippen LogP contribution in [0.4, 0.5) is 0 Å². The van der Waals surface area contributed by atoms with E-state index in [1.54, 1.807) is 0 Å². The molecule has 0 aliphatic heterocycles. The molecule has 0 bridgehead atoms. The Morgan fingerprint density at radius 1 is 0.893 bits per heavy atom. The van der Waals surface area contributed by atoms with Gasteiger partial charge in [-0.2, -0.15) is 0 Å². The van der Waals surface area contributed by atoms with Gasteiger partial charge in [0.2, 0.25) is 0 Å². The maximum absolute atomic E-state index is 9.12. The van der Waals surface area contributed by atoms with Crippen molar-refractivity contribution >= 4 is 0 Å². The molecular weight excluding hydrogens is 360 g/mol. The lowest BCUT2D eigenvalue weighted by Gasteiger charge is -2.25. The molecule has 0 aromatic heterocycles. The number of azide groups is 1. The van der Waals surface area contributed by atoms with E-state index >= 15 is 0 Å². The van der Waals surface area contributed by atoms with Gasteiger partial charge in [0.1, 0.15) is 0 Å². The quantitative estimate of drug-likeness (QED) is 0.147. The van der Waals surface area contributed by atoms with Crippen LogP contribution in [0.3, 0.4) is 0 Å². The van der Waals surface area contributed by atoms with Crippen LogP contribution in [0.2, 0.25) is 0 Å². The van der Waals surface area contributed by atoms with Crippen molar-refractivity contribution in [2.24, 2.45) is 21.7 Å². The Morgan fingerprint density at radius 2 is 1.36 bits per heavy atom. The maximum Gasteiger partial charge on any atom is 0.0541 e. The average Bonchev–Trinajstić information content (AvgIpc) is 2.73. The van der Waals surface area contributed by atoms with E-state index in [2.05, 4.69) is 16.9 Å². The average molecular weight is 405 g/mol. The summed E-state index contributed by atoms with van der Waals surface area (Å²) in [7, 11) is 0. The number of aliphatic hydroxyl groups is 2. The van der Waals surface area contributed by atoms with Crippen LogP contribution in [-0.4, -0.2) is 62.9 Å². The molecular formula is C20H44N4O4. The van der Waals surface area contributed by atoms with Crippen LogP contribution in [-0.2, 0) is 9.47 Å². The summed E-state index contributed by atoms with van der Waals surface area (Å²) in [5.41, 5.74) is 13.2. The van der Waals surface area contributed by atoms with Gasteiger partial charge in [-0.1, -0.05) is 32.8 Å². The van der Waals surface area contributed by atoms with Crippen LogP contribution in [0, 0.1) is 10.8 Å². The van der Waals surface area contributed by atoms with Crippen molar-refractivity contribution < 1.29 is 19.7 Å². The second kappa shape index (κ2) is 19.4. The van der Waals surface area contributed by atoms with Crippen molar-refractivity contribution in [1.82, 2.24) is 0 Å². The minimum Gasteiger partial charge on any atom is -0.396 e. The Hall–Kier alpha value is -0.890. The van der Waals surface area contributed by atoms with Crippen LogP contribution in [0.1, 0.15) is 66.2 Å². The molecule has 168 valence electrons. The van der Waals surface area contributed by atoms with Crippen LogP contribution < -0.4 is 5.73 Å². The van der Waals surface area contributed by atoms with Gasteiger partial charge in [0.15, 0.2) is 0 Å². The normalized spacial score (nSPS) is 15.0. The SMILES string of the molecule is CCC(C)(CO)COCCCCN.CCC(C)(CO)COCCCCN=[N+]=[N-]. The molecule has 0 aliphatic carbocycles. The molecule has 2 atom stereocenters. The lowest BCUT2D eigenvalue weighted by molar-refractivity contribution is 0.0139. The van der Waals surface area contributed by atoms with Gasteiger partial charge in [-0.3, -0.25) is 0 Å². The number of hydrogen-bond acceptors (Lipinski definition) is 6. The standard InChI is InChI=1S/C10H21N3O2.C10H23NO2/c1-3-10(2,8-14)9-15-7-5-4-6-12-13-11;1-3-10(2,8-12)9-13-7-5-4-6-11/h14H,3-9H2,1-2H3;12H,3-9,11H2,1-2H3. The fourth-order valence-corrected chi connectivity index (χ4v) is 1.94. The predicted molar refractivity (Wildman–Crippen MR) is 114 cm³/mol. The van der Waals surface area contributed by atoms with Crippen molar-refractivity contribution in [3.8, 4) is 0 Å². The highest BCUT2D eigenvalue weighted by atomic mass is 16.5. The summed E-state index contributed by atoms with van der Waals surface area (Å²) in [4.78, 5) is 2.67. The summed E-state index contributed by atoms with van der Waals surface area (Å²) in [6.45, 7) is 12.4. The van der Waals surface area contributed by atoms with Crippen LogP contribution in [0.5, 0.6) is 0 Å². The molecule has 4 N–H and O–H groups in total. The minimum atomic E-state index is -0.120. The van der Waals surface area contributed by atoms with E-state index in [0.717, 1.165) is 51.7 Å². The van der Waals surface area contributed by atoms with Crippen LogP contribution in [0.15, 0.2) is 5.11 Å². The molecule has 8 nitrogen and oxygen atoms in total. The van der Waals surface area contributed by atoms with E-state index in [1.165, 1.54) is 0 Å². The maximum atomic E-state index is 9.12. The summed E-state index contributed by atoms with van der Waals surface area (Å²) in [6, 6.07) is 0. The van der Waals surface area contributed by atoms with E-state index in [-0.39, 0.29) is 24.0 Å². The number of rotatable bonds is 17. The van der Waals surface area contributed by atoms with Gasteiger partial charge >= 0.3 is 0 Å². The molecule has 0 aromatic carbocycles. The summed E-state index contributed by atoms with van der Waals surface area (Å²) in [5, 5.41) is 21.6. The highest BCUT2D eigenvalue weighted by molar-refractivity contribution is 4.71. The van der Waals surface area contributed by atoms with Gasteiger partial charge in [-0.25, -0.2) is 0 Å². The van der Waals surface area contributed by atoms with E-state index in [9.17, 15) is 0 Å². The van der Waals surface area contributed by atoms with Crippen molar-refractivity contribution in [2.75, 3.05) is 52.7 Å². The zero-order valence-corrected chi connectivity index (χ0v) is 18.5. The van der Waals surface area contributed by atoms with Gasteiger partial charge in [0.05, 0.1) is 26.4 Å². The first-order chi connectivity index (χ1) is 13.4. The first-order valence-corrected chi connectivity index (χ1v) is 10.4. The lowest BCUT2D eigenvalue weighted by Crippen LogP contribution is -2.27. The summed E-state index contributed by atoms with van der Waals surface area (Å²) in [5.74, 6) is 0. The second-order valence-electron chi connectivity index (χ2n) is 7.91. The summed E-state index contributed by atoms with van der Waals surface area (Å²) < 4.78 is 10.9. The molecule has 2 unspecified atom stereocenters. The molecule has 0 saturated carbocycles. The Morgan fingerprint density at radius 3 is 1.71 bits per heavy atom. The monoisotopic (exact) mass is 404 g/mol. The molecule has 0 radical (unpaired) electrons. The number of hydrogen-bond donors (Lipinski definition) is 3. The Kier molecular flexibility index (Phi) is 20.3. The topological polar surface area (TPSA) is 134 Å². The van der Waals surface area contributed by atoms with Crippen molar-refractivity contribution in [3.05, 3.63) is 10.4 Å². The lowest BCUT2D eigenvalue weighted by atomic mass is 9.90. The molecule has 0 rings (SSSR count). The predicted octanol–water partition coefficient (Wildman–Crippen LogP) is 3.65. The van der Waals surface area contributed by atoms with Crippen LogP contribution >= 0.6 is 0 Å². The third-order valence-electron chi connectivity index (χ3n) is 4.97. The van der Waals surface area contributed by atoms with E-state index in [0.29, 0.717) is 26.4 Å². The number of ether oxygens (including phenoxy) is 2. The Labute approximate surface area is 171 Å². The molecule has 0 amide bonds. The molecule has 0 fully saturated rings. The molecule has 0 heterocycles. The first-order valence-electron chi connectivity index (χ1n) is 10.4. The largest absolute Gasteiger partial charge is 0.396 e. The van der Waals surface area contributed by atoms with E-state index in [4.69, 9.17) is 31.0 Å². The first kappa shape index (κ1) is 29.3. The minimum absolute atomic E-state index is 0.0668. The summed E-state index contributed by atoms with van der Waals surface area (Å²) in [6.07, 6.45) is 5.63. The fourth-order valence-electron chi connectivity index (χ4n) is 1.94. The highest BCUT2D eigenvalue weighted by Crippen LogP contribution is 2.20. The van der Waals surface area contributed by atoms with Gasteiger partial charge in [-0.05, 0) is 50.6 Å². The van der Waals surface area contributed by atoms with Gasteiger partial charge in [0, 0.05) is 35.5 Å². The van der Waals surface area contributed by atoms with Gasteiger partial charge < -0.3 is 25.4 Å². The number of aliphatic hydroxyl groups excluding tert-OH is 2. The number of unbranched alkanes of at least 4 members (excludes halogenated alkanes) is 2. The van der Waals surface area contributed by atoms with Gasteiger partial charge in [0.25, 0.3) is 0 Å². The zero-order valence-electron chi connectivity index (χ0n) is 18.5. The highest BCUT2D eigenvalue weighted by Gasteiger charge is 2.21. The smallest absolute Gasteiger partial charge is 0.0541 e. The fraction of sp³-hybridized carbons (Fsp3) is 1.00. The van der Waals surface area contributed by atoms with Gasteiger partial charge in [-0.15, -0.1) is 0 Å². The molecule has 28 heavy (non-hydrogen) atoms. The molecule has 0 aromatic rings. The third-order valence-corrected chi connectivity index (χ3v) is 4.97. The third kappa shape index (κ3) is 17.2. The Balaban J connectivity index is 0. The number of nitrogens with zero attached hydrogens (tertiary/aromatic N) is 3. The van der Waals surface area contributed by atoms with E-state index < -0.39 is 0 Å². The number of nitrogens with two attached hydrogens (primary N) is 1. The molecule has 0 aliphatic rings. The molecule has 8 heteroatoms. The molecule has 0 spiro atoms. The van der Waals surface area contributed by atoms with Crippen molar-refractivity contribution in [3.63, 3.8) is 0 Å². The zero-order chi connectivity index (χ0) is 21.7. The Bertz CT molecular complexity index is 382. The van der Waals surface area contributed by atoms with E-state index in [1.807, 2.05) is 20.8 Å².